The standard InChI is InChI=1S/C14H15N3O2S/c1-10(18)17(12-6-4-11(15)5-7-12)14(19)16-9-13-3-2-8-20-13/h2-8H,9,15H2,1H3,(H,16,19). The lowest BCUT2D eigenvalue weighted by Crippen LogP contribution is -2.42. The molecule has 2 rings (SSSR count). The SMILES string of the molecule is CC(=O)N(C(=O)NCc1cccs1)c1ccc(N)cc1. The summed E-state index contributed by atoms with van der Waals surface area (Å²) in [6.45, 7) is 1.75. The molecule has 0 radical (unpaired) electrons. The number of amides is 3. The molecule has 0 atom stereocenters. The number of carbonyl (C=O) groups is 2. The number of anilines is 2. The lowest BCUT2D eigenvalue weighted by Gasteiger charge is -2.19. The van der Waals surface area contributed by atoms with Gasteiger partial charge in [0.05, 0.1) is 12.2 Å². The number of nitrogens with zero attached hydrogens (tertiary/aromatic N) is 1. The Labute approximate surface area is 121 Å². The van der Waals surface area contributed by atoms with E-state index in [0.717, 1.165) is 9.78 Å². The molecule has 0 spiro atoms. The molecule has 20 heavy (non-hydrogen) atoms. The molecule has 0 unspecified atom stereocenters. The molecule has 0 saturated carbocycles. The number of hydrogen-bond acceptors (Lipinski definition) is 4. The van der Waals surface area contributed by atoms with Crippen LogP contribution in [0.5, 0.6) is 0 Å². The Kier molecular flexibility index (Phi) is 4.37. The van der Waals surface area contributed by atoms with Gasteiger partial charge >= 0.3 is 6.03 Å². The molecule has 3 N–H and O–H groups in total. The van der Waals surface area contributed by atoms with Crippen molar-refractivity contribution in [3.63, 3.8) is 0 Å². The van der Waals surface area contributed by atoms with Crippen LogP contribution in [-0.2, 0) is 11.3 Å². The van der Waals surface area contributed by atoms with E-state index < -0.39 is 6.03 Å². The molecule has 1 aromatic heterocycles. The van der Waals surface area contributed by atoms with E-state index in [1.54, 1.807) is 35.6 Å². The van der Waals surface area contributed by atoms with Crippen molar-refractivity contribution in [2.75, 3.05) is 10.6 Å². The zero-order valence-corrected chi connectivity index (χ0v) is 11.8. The Morgan fingerprint density at radius 2 is 1.95 bits per heavy atom. The molecule has 0 aliphatic carbocycles. The zero-order valence-electron chi connectivity index (χ0n) is 11.0. The van der Waals surface area contributed by atoms with Gasteiger partial charge in [-0.25, -0.2) is 9.69 Å². The van der Waals surface area contributed by atoms with Crippen molar-refractivity contribution < 1.29 is 9.59 Å². The number of nitrogens with two attached hydrogens (primary N) is 1. The Balaban J connectivity index is 2.10. The van der Waals surface area contributed by atoms with Crippen LogP contribution in [0, 0.1) is 0 Å². The molecule has 5 nitrogen and oxygen atoms in total. The molecule has 1 aromatic carbocycles. The van der Waals surface area contributed by atoms with E-state index in [4.69, 9.17) is 5.73 Å². The van der Waals surface area contributed by atoms with Crippen molar-refractivity contribution in [3.8, 4) is 0 Å². The van der Waals surface area contributed by atoms with Crippen LogP contribution in [0.25, 0.3) is 0 Å². The molecule has 0 bridgehead atoms. The van der Waals surface area contributed by atoms with Gasteiger partial charge in [0.2, 0.25) is 5.91 Å². The van der Waals surface area contributed by atoms with Gasteiger partial charge in [0.1, 0.15) is 0 Å². The Morgan fingerprint density at radius 3 is 2.50 bits per heavy atom. The van der Waals surface area contributed by atoms with Gasteiger partial charge in [-0.05, 0) is 35.7 Å². The summed E-state index contributed by atoms with van der Waals surface area (Å²) in [5.41, 5.74) is 6.67. The minimum Gasteiger partial charge on any atom is -0.399 e. The Hall–Kier alpha value is -2.34. The highest BCUT2D eigenvalue weighted by molar-refractivity contribution is 7.09. The van der Waals surface area contributed by atoms with Gasteiger partial charge in [0.15, 0.2) is 0 Å². The van der Waals surface area contributed by atoms with Gasteiger partial charge < -0.3 is 11.1 Å². The summed E-state index contributed by atoms with van der Waals surface area (Å²) in [7, 11) is 0. The van der Waals surface area contributed by atoms with E-state index in [9.17, 15) is 9.59 Å². The van der Waals surface area contributed by atoms with Crippen LogP contribution in [0.2, 0.25) is 0 Å². The first-order chi connectivity index (χ1) is 9.58. The third-order valence-corrected chi connectivity index (χ3v) is 3.54. The number of carbonyl (C=O) groups excluding carboxylic acids is 2. The minimum atomic E-state index is -0.448. The van der Waals surface area contributed by atoms with E-state index in [0.29, 0.717) is 17.9 Å². The molecule has 0 aliphatic heterocycles. The summed E-state index contributed by atoms with van der Waals surface area (Å²) in [6.07, 6.45) is 0. The number of nitrogen functional groups attached to an aromatic ring is 1. The van der Waals surface area contributed by atoms with Crippen LogP contribution in [0.3, 0.4) is 0 Å². The van der Waals surface area contributed by atoms with E-state index in [2.05, 4.69) is 5.32 Å². The molecule has 3 amide bonds. The second-order valence-corrected chi connectivity index (χ2v) is 5.22. The van der Waals surface area contributed by atoms with Gasteiger partial charge in [-0.15, -0.1) is 11.3 Å². The fraction of sp³-hybridized carbons (Fsp3) is 0.143. The Morgan fingerprint density at radius 1 is 1.25 bits per heavy atom. The maximum atomic E-state index is 12.1. The fourth-order valence-electron chi connectivity index (χ4n) is 1.72. The number of nitrogens with one attached hydrogen (secondary N) is 1. The van der Waals surface area contributed by atoms with Crippen molar-refractivity contribution in [2.45, 2.75) is 13.5 Å². The van der Waals surface area contributed by atoms with Gasteiger partial charge in [-0.2, -0.15) is 0 Å². The Bertz CT molecular complexity index is 593. The molecule has 2 aromatic rings. The maximum absolute atomic E-state index is 12.1. The van der Waals surface area contributed by atoms with Gasteiger partial charge in [-0.3, -0.25) is 4.79 Å². The van der Waals surface area contributed by atoms with Crippen LogP contribution in [0.1, 0.15) is 11.8 Å². The second kappa shape index (κ2) is 6.21. The quantitative estimate of drug-likeness (QED) is 0.853. The van der Waals surface area contributed by atoms with Crippen LogP contribution >= 0.6 is 11.3 Å². The number of hydrogen-bond donors (Lipinski definition) is 2. The monoisotopic (exact) mass is 289 g/mol. The number of thiophene rings is 1. The second-order valence-electron chi connectivity index (χ2n) is 4.18. The number of urea groups is 1. The molecule has 0 aliphatic rings. The average molecular weight is 289 g/mol. The van der Waals surface area contributed by atoms with Gasteiger partial charge in [0, 0.05) is 17.5 Å². The summed E-state index contributed by atoms with van der Waals surface area (Å²) in [6, 6.07) is 9.97. The lowest BCUT2D eigenvalue weighted by molar-refractivity contribution is -0.115. The van der Waals surface area contributed by atoms with Crippen molar-refractivity contribution in [2.24, 2.45) is 0 Å². The average Bonchev–Trinajstić information content (AvgIpc) is 2.92. The summed E-state index contributed by atoms with van der Waals surface area (Å²) in [4.78, 5) is 25.9. The predicted octanol–water partition coefficient (Wildman–Crippen LogP) is 2.59. The highest BCUT2D eigenvalue weighted by Gasteiger charge is 2.19. The minimum absolute atomic E-state index is 0.349. The maximum Gasteiger partial charge on any atom is 0.329 e. The molecule has 0 saturated heterocycles. The third kappa shape index (κ3) is 3.36. The summed E-state index contributed by atoms with van der Waals surface area (Å²) < 4.78 is 0. The highest BCUT2D eigenvalue weighted by Crippen LogP contribution is 2.17. The van der Waals surface area contributed by atoms with E-state index in [1.165, 1.54) is 6.92 Å². The van der Waals surface area contributed by atoms with Crippen molar-refractivity contribution in [1.82, 2.24) is 5.32 Å². The van der Waals surface area contributed by atoms with Crippen LogP contribution in [0.15, 0.2) is 41.8 Å². The lowest BCUT2D eigenvalue weighted by atomic mass is 10.2. The van der Waals surface area contributed by atoms with E-state index in [-0.39, 0.29) is 5.91 Å². The summed E-state index contributed by atoms with van der Waals surface area (Å²) in [5, 5.41) is 4.66. The number of imide groups is 1. The predicted molar refractivity (Wildman–Crippen MR) is 80.6 cm³/mol. The first-order valence-corrected chi connectivity index (χ1v) is 6.92. The highest BCUT2D eigenvalue weighted by atomic mass is 32.1. The smallest absolute Gasteiger partial charge is 0.329 e. The third-order valence-electron chi connectivity index (χ3n) is 2.66. The molecule has 6 heteroatoms. The molecule has 0 fully saturated rings. The number of rotatable bonds is 3. The normalized spacial score (nSPS) is 10.1. The molecular weight excluding hydrogens is 274 g/mol. The van der Waals surface area contributed by atoms with Gasteiger partial charge in [0.25, 0.3) is 0 Å². The molecular formula is C14H15N3O2S. The first-order valence-electron chi connectivity index (χ1n) is 6.04. The van der Waals surface area contributed by atoms with Crippen molar-refractivity contribution in [1.29, 1.82) is 0 Å². The van der Waals surface area contributed by atoms with E-state index in [1.807, 2.05) is 17.5 Å². The van der Waals surface area contributed by atoms with E-state index >= 15 is 0 Å². The summed E-state index contributed by atoms with van der Waals surface area (Å²) in [5.74, 6) is -0.349. The van der Waals surface area contributed by atoms with Crippen LogP contribution in [-0.4, -0.2) is 11.9 Å². The van der Waals surface area contributed by atoms with Gasteiger partial charge in [-0.1, -0.05) is 6.07 Å². The van der Waals surface area contributed by atoms with Crippen molar-refractivity contribution >= 4 is 34.6 Å². The topological polar surface area (TPSA) is 75.4 Å². The summed E-state index contributed by atoms with van der Waals surface area (Å²) >= 11 is 1.55. The van der Waals surface area contributed by atoms with Crippen molar-refractivity contribution in [3.05, 3.63) is 46.7 Å². The number of benzene rings is 1. The van der Waals surface area contributed by atoms with Crippen LogP contribution < -0.4 is 16.0 Å². The molecule has 1 heterocycles. The largest absolute Gasteiger partial charge is 0.399 e. The fourth-order valence-corrected chi connectivity index (χ4v) is 2.36. The first kappa shape index (κ1) is 14.1. The molecule has 104 valence electrons. The van der Waals surface area contributed by atoms with Crippen LogP contribution in [0.4, 0.5) is 16.2 Å². The zero-order chi connectivity index (χ0) is 14.5.